The standard InChI is InChI=1S/C18H18O3/c19-18(20)11-16-15-8-4-7-14(15)9-10-17(16)21-12-13-5-2-1-3-6-13/h1-3,5-6,9-10H,4,7-8,11-12H2,(H,19,20). The highest BCUT2D eigenvalue weighted by atomic mass is 16.5. The SMILES string of the molecule is O=C(O)Cc1c(OCc2ccccc2)ccc2c1CCC2. The second-order valence-corrected chi connectivity index (χ2v) is 5.38. The van der Waals surface area contributed by atoms with E-state index in [4.69, 9.17) is 9.84 Å². The summed E-state index contributed by atoms with van der Waals surface area (Å²) >= 11 is 0. The minimum Gasteiger partial charge on any atom is -0.489 e. The van der Waals surface area contributed by atoms with Gasteiger partial charge in [0.15, 0.2) is 0 Å². The molecule has 108 valence electrons. The first-order chi connectivity index (χ1) is 10.2. The molecule has 1 N–H and O–H groups in total. The summed E-state index contributed by atoms with van der Waals surface area (Å²) in [6, 6.07) is 13.9. The molecule has 3 heteroatoms. The molecule has 0 unspecified atom stereocenters. The van der Waals surface area contributed by atoms with E-state index < -0.39 is 5.97 Å². The fraction of sp³-hybridized carbons (Fsp3) is 0.278. The summed E-state index contributed by atoms with van der Waals surface area (Å²) in [7, 11) is 0. The predicted molar refractivity (Wildman–Crippen MR) is 80.6 cm³/mol. The second-order valence-electron chi connectivity index (χ2n) is 5.38. The molecule has 0 aromatic heterocycles. The van der Waals surface area contributed by atoms with E-state index in [1.807, 2.05) is 36.4 Å². The maximum absolute atomic E-state index is 11.1. The first-order valence-corrected chi connectivity index (χ1v) is 7.26. The zero-order valence-corrected chi connectivity index (χ0v) is 11.8. The maximum atomic E-state index is 11.1. The molecule has 3 rings (SSSR count). The Morgan fingerprint density at radius 1 is 1.10 bits per heavy atom. The van der Waals surface area contributed by atoms with Crippen molar-refractivity contribution in [2.75, 3.05) is 0 Å². The Balaban J connectivity index is 1.85. The van der Waals surface area contributed by atoms with Crippen molar-refractivity contribution in [1.29, 1.82) is 0 Å². The molecule has 0 amide bonds. The Morgan fingerprint density at radius 3 is 2.67 bits per heavy atom. The van der Waals surface area contributed by atoms with Gasteiger partial charge in [-0.25, -0.2) is 0 Å². The van der Waals surface area contributed by atoms with Crippen molar-refractivity contribution in [2.24, 2.45) is 0 Å². The van der Waals surface area contributed by atoms with E-state index in [0.717, 1.165) is 30.4 Å². The van der Waals surface area contributed by atoms with E-state index >= 15 is 0 Å². The fourth-order valence-corrected chi connectivity index (χ4v) is 2.94. The van der Waals surface area contributed by atoms with Crippen LogP contribution in [0.15, 0.2) is 42.5 Å². The number of carboxylic acids is 1. The Kier molecular flexibility index (Phi) is 3.91. The number of carbonyl (C=O) groups is 1. The van der Waals surface area contributed by atoms with Crippen LogP contribution in [0.3, 0.4) is 0 Å². The summed E-state index contributed by atoms with van der Waals surface area (Å²) in [6.45, 7) is 0.465. The lowest BCUT2D eigenvalue weighted by atomic mass is 9.99. The van der Waals surface area contributed by atoms with Gasteiger partial charge in [-0.2, -0.15) is 0 Å². The third kappa shape index (κ3) is 3.07. The number of fused-ring (bicyclic) bond motifs is 1. The number of carboxylic acid groups (broad SMARTS) is 1. The minimum atomic E-state index is -0.806. The predicted octanol–water partition coefficient (Wildman–Crippen LogP) is 3.38. The molecule has 1 aliphatic rings. The van der Waals surface area contributed by atoms with Crippen LogP contribution in [0.25, 0.3) is 0 Å². The Labute approximate surface area is 124 Å². The number of hydrogen-bond donors (Lipinski definition) is 1. The van der Waals surface area contributed by atoms with Gasteiger partial charge < -0.3 is 9.84 Å². The lowest BCUT2D eigenvalue weighted by molar-refractivity contribution is -0.136. The van der Waals surface area contributed by atoms with Crippen molar-refractivity contribution >= 4 is 5.97 Å². The highest BCUT2D eigenvalue weighted by molar-refractivity contribution is 5.72. The van der Waals surface area contributed by atoms with Crippen LogP contribution in [-0.4, -0.2) is 11.1 Å². The van der Waals surface area contributed by atoms with Crippen LogP contribution in [0.5, 0.6) is 5.75 Å². The van der Waals surface area contributed by atoms with Crippen LogP contribution in [-0.2, 0) is 30.7 Å². The summed E-state index contributed by atoms with van der Waals surface area (Å²) in [5, 5.41) is 9.15. The highest BCUT2D eigenvalue weighted by Crippen LogP contribution is 2.32. The minimum absolute atomic E-state index is 0.0350. The largest absolute Gasteiger partial charge is 0.489 e. The van der Waals surface area contributed by atoms with Gasteiger partial charge in [0.2, 0.25) is 0 Å². The van der Waals surface area contributed by atoms with Gasteiger partial charge in [-0.05, 0) is 42.0 Å². The van der Waals surface area contributed by atoms with Gasteiger partial charge >= 0.3 is 5.97 Å². The van der Waals surface area contributed by atoms with Crippen LogP contribution in [0.4, 0.5) is 0 Å². The number of rotatable bonds is 5. The van der Waals surface area contributed by atoms with E-state index in [9.17, 15) is 4.79 Å². The number of benzene rings is 2. The van der Waals surface area contributed by atoms with E-state index in [2.05, 4.69) is 6.07 Å². The number of ether oxygens (including phenoxy) is 1. The second kappa shape index (κ2) is 6.00. The molecule has 0 radical (unpaired) electrons. The van der Waals surface area contributed by atoms with E-state index in [0.29, 0.717) is 12.4 Å². The average molecular weight is 282 g/mol. The van der Waals surface area contributed by atoms with Gasteiger partial charge in [-0.3, -0.25) is 4.79 Å². The fourth-order valence-electron chi connectivity index (χ4n) is 2.94. The molecule has 1 aliphatic carbocycles. The zero-order valence-electron chi connectivity index (χ0n) is 11.8. The smallest absolute Gasteiger partial charge is 0.307 e. The van der Waals surface area contributed by atoms with Crippen molar-refractivity contribution in [1.82, 2.24) is 0 Å². The molecule has 21 heavy (non-hydrogen) atoms. The molecule has 0 bridgehead atoms. The van der Waals surface area contributed by atoms with Gasteiger partial charge in [0.25, 0.3) is 0 Å². The Bertz CT molecular complexity index is 647. The molecule has 0 spiro atoms. The Morgan fingerprint density at radius 2 is 1.90 bits per heavy atom. The molecule has 2 aromatic rings. The normalized spacial score (nSPS) is 13.0. The highest BCUT2D eigenvalue weighted by Gasteiger charge is 2.20. The molecule has 0 saturated carbocycles. The zero-order chi connectivity index (χ0) is 14.7. The molecule has 0 atom stereocenters. The van der Waals surface area contributed by atoms with Gasteiger partial charge in [0, 0.05) is 5.56 Å². The molecular weight excluding hydrogens is 264 g/mol. The molecule has 3 nitrogen and oxygen atoms in total. The van der Waals surface area contributed by atoms with Gasteiger partial charge in [0.05, 0.1) is 6.42 Å². The summed E-state index contributed by atoms with van der Waals surface area (Å²) < 4.78 is 5.89. The van der Waals surface area contributed by atoms with Crippen molar-refractivity contribution in [3.05, 3.63) is 64.7 Å². The average Bonchev–Trinajstić information content (AvgIpc) is 2.96. The number of aryl methyl sites for hydroxylation is 1. The first kappa shape index (κ1) is 13.7. The summed E-state index contributed by atoms with van der Waals surface area (Å²) in [5.41, 5.74) is 4.40. The Hall–Kier alpha value is -2.29. The van der Waals surface area contributed by atoms with E-state index in [1.165, 1.54) is 11.1 Å². The van der Waals surface area contributed by atoms with Crippen molar-refractivity contribution in [3.63, 3.8) is 0 Å². The number of aliphatic carboxylic acids is 1. The summed E-state index contributed by atoms with van der Waals surface area (Å²) in [4.78, 5) is 11.1. The third-order valence-electron chi connectivity index (χ3n) is 3.92. The monoisotopic (exact) mass is 282 g/mol. The molecule has 2 aromatic carbocycles. The maximum Gasteiger partial charge on any atom is 0.307 e. The molecule has 0 fully saturated rings. The molecule has 0 saturated heterocycles. The number of hydrogen-bond acceptors (Lipinski definition) is 2. The van der Waals surface area contributed by atoms with E-state index in [1.54, 1.807) is 0 Å². The van der Waals surface area contributed by atoms with Gasteiger partial charge in [-0.1, -0.05) is 36.4 Å². The third-order valence-corrected chi connectivity index (χ3v) is 3.92. The van der Waals surface area contributed by atoms with E-state index in [-0.39, 0.29) is 6.42 Å². The lowest BCUT2D eigenvalue weighted by Gasteiger charge is -2.14. The molecule has 0 aliphatic heterocycles. The van der Waals surface area contributed by atoms with Gasteiger partial charge in [0.1, 0.15) is 12.4 Å². The van der Waals surface area contributed by atoms with Crippen LogP contribution in [0.2, 0.25) is 0 Å². The van der Waals surface area contributed by atoms with Gasteiger partial charge in [-0.15, -0.1) is 0 Å². The van der Waals surface area contributed by atoms with Crippen LogP contribution in [0, 0.1) is 0 Å². The van der Waals surface area contributed by atoms with Crippen LogP contribution in [0.1, 0.15) is 28.7 Å². The van der Waals surface area contributed by atoms with Crippen molar-refractivity contribution in [2.45, 2.75) is 32.3 Å². The lowest BCUT2D eigenvalue weighted by Crippen LogP contribution is -2.07. The molecule has 0 heterocycles. The van der Waals surface area contributed by atoms with Crippen molar-refractivity contribution < 1.29 is 14.6 Å². The molecular formula is C18H18O3. The first-order valence-electron chi connectivity index (χ1n) is 7.26. The quantitative estimate of drug-likeness (QED) is 0.914. The van der Waals surface area contributed by atoms with Crippen molar-refractivity contribution in [3.8, 4) is 5.75 Å². The topological polar surface area (TPSA) is 46.5 Å². The summed E-state index contributed by atoms with van der Waals surface area (Å²) in [5.74, 6) is -0.0956. The van der Waals surface area contributed by atoms with Crippen LogP contribution < -0.4 is 4.74 Å². The van der Waals surface area contributed by atoms with Crippen LogP contribution >= 0.6 is 0 Å². The summed E-state index contributed by atoms with van der Waals surface area (Å²) in [6.07, 6.45) is 3.14.